The molecule has 0 aliphatic rings. The number of nitrogens with zero attached hydrogens (tertiary/aromatic N) is 3. The van der Waals surface area contributed by atoms with Crippen molar-refractivity contribution in [3.8, 4) is 17.2 Å². The molecule has 9 nitrogen and oxygen atoms in total. The van der Waals surface area contributed by atoms with Gasteiger partial charge in [-0.25, -0.2) is 4.79 Å². The molecule has 0 saturated carbocycles. The van der Waals surface area contributed by atoms with Crippen molar-refractivity contribution in [2.24, 2.45) is 0 Å². The minimum Gasteiger partial charge on any atom is -0.494 e. The molecule has 0 bridgehead atoms. The Bertz CT molecular complexity index is 951. The first-order valence-electron chi connectivity index (χ1n) is 8.54. The van der Waals surface area contributed by atoms with Crippen molar-refractivity contribution in [2.75, 3.05) is 6.61 Å². The number of hydrogen-bond donors (Lipinski definition) is 0. The van der Waals surface area contributed by atoms with Crippen LogP contribution in [-0.2, 0) is 11.3 Å². The van der Waals surface area contributed by atoms with Crippen LogP contribution >= 0.6 is 0 Å². The SMILES string of the molecule is CCCOc1ccc(C(=O)OCc2nnc(-c3ccc([N+](=O)[O-])cc3)o2)cc1. The lowest BCUT2D eigenvalue weighted by Gasteiger charge is -2.05. The fraction of sp³-hybridized carbons (Fsp3) is 0.211. The van der Waals surface area contributed by atoms with Crippen molar-refractivity contribution in [1.29, 1.82) is 0 Å². The molecule has 0 unspecified atom stereocenters. The maximum atomic E-state index is 12.1. The highest BCUT2D eigenvalue weighted by Gasteiger charge is 2.13. The second kappa shape index (κ2) is 8.76. The normalized spacial score (nSPS) is 10.5. The van der Waals surface area contributed by atoms with Crippen molar-refractivity contribution < 1.29 is 23.6 Å². The second-order valence-electron chi connectivity index (χ2n) is 5.75. The van der Waals surface area contributed by atoms with E-state index in [2.05, 4.69) is 10.2 Å². The van der Waals surface area contributed by atoms with Gasteiger partial charge in [0.1, 0.15) is 5.75 Å². The molecular formula is C19H17N3O6. The Balaban J connectivity index is 1.57. The first kappa shape index (κ1) is 19.0. The number of ether oxygens (including phenoxy) is 2. The van der Waals surface area contributed by atoms with Gasteiger partial charge < -0.3 is 13.9 Å². The van der Waals surface area contributed by atoms with Crippen LogP contribution in [0.2, 0.25) is 0 Å². The lowest BCUT2D eigenvalue weighted by molar-refractivity contribution is -0.384. The van der Waals surface area contributed by atoms with Crippen molar-refractivity contribution in [3.63, 3.8) is 0 Å². The zero-order valence-corrected chi connectivity index (χ0v) is 15.0. The van der Waals surface area contributed by atoms with E-state index in [1.165, 1.54) is 24.3 Å². The third-order valence-corrected chi connectivity index (χ3v) is 3.68. The summed E-state index contributed by atoms with van der Waals surface area (Å²) in [4.78, 5) is 22.3. The van der Waals surface area contributed by atoms with Gasteiger partial charge >= 0.3 is 5.97 Å². The lowest BCUT2D eigenvalue weighted by Crippen LogP contribution is -2.05. The minimum absolute atomic E-state index is 0.0384. The van der Waals surface area contributed by atoms with E-state index in [1.807, 2.05) is 6.92 Å². The van der Waals surface area contributed by atoms with Crippen LogP contribution < -0.4 is 4.74 Å². The molecule has 0 aliphatic carbocycles. The fourth-order valence-corrected chi connectivity index (χ4v) is 2.27. The van der Waals surface area contributed by atoms with Gasteiger partial charge in [0.05, 0.1) is 17.1 Å². The van der Waals surface area contributed by atoms with Gasteiger partial charge in [-0.15, -0.1) is 10.2 Å². The van der Waals surface area contributed by atoms with Crippen LogP contribution in [0.3, 0.4) is 0 Å². The van der Waals surface area contributed by atoms with Crippen LogP contribution in [0.5, 0.6) is 5.75 Å². The number of aromatic nitrogens is 2. The summed E-state index contributed by atoms with van der Waals surface area (Å²) < 4.78 is 16.1. The zero-order chi connectivity index (χ0) is 19.9. The van der Waals surface area contributed by atoms with Gasteiger partial charge in [0.15, 0.2) is 6.61 Å². The minimum atomic E-state index is -0.530. The van der Waals surface area contributed by atoms with Crippen molar-refractivity contribution in [2.45, 2.75) is 20.0 Å². The number of benzene rings is 2. The van der Waals surface area contributed by atoms with Gasteiger partial charge in [-0.1, -0.05) is 6.92 Å². The number of esters is 1. The van der Waals surface area contributed by atoms with E-state index in [-0.39, 0.29) is 24.1 Å². The van der Waals surface area contributed by atoms with Gasteiger partial charge in [0.2, 0.25) is 5.89 Å². The van der Waals surface area contributed by atoms with Crippen LogP contribution in [0.4, 0.5) is 5.69 Å². The molecule has 1 heterocycles. The molecule has 2 aromatic carbocycles. The van der Waals surface area contributed by atoms with Crippen molar-refractivity contribution in [1.82, 2.24) is 10.2 Å². The van der Waals surface area contributed by atoms with Crippen LogP contribution in [-0.4, -0.2) is 27.7 Å². The maximum Gasteiger partial charge on any atom is 0.338 e. The Morgan fingerprint density at radius 2 is 1.82 bits per heavy atom. The Morgan fingerprint density at radius 3 is 2.46 bits per heavy atom. The molecule has 3 rings (SSSR count). The molecule has 0 N–H and O–H groups in total. The number of carbonyl (C=O) groups is 1. The van der Waals surface area contributed by atoms with Gasteiger partial charge in [0.25, 0.3) is 11.6 Å². The molecule has 0 saturated heterocycles. The van der Waals surface area contributed by atoms with Crippen LogP contribution in [0.1, 0.15) is 29.6 Å². The number of nitro groups is 1. The first-order valence-corrected chi connectivity index (χ1v) is 8.54. The van der Waals surface area contributed by atoms with Gasteiger partial charge in [-0.05, 0) is 42.8 Å². The van der Waals surface area contributed by atoms with E-state index in [0.29, 0.717) is 23.5 Å². The number of carbonyl (C=O) groups excluding carboxylic acids is 1. The quantitative estimate of drug-likeness (QED) is 0.327. The van der Waals surface area contributed by atoms with Crippen molar-refractivity contribution in [3.05, 3.63) is 70.1 Å². The van der Waals surface area contributed by atoms with Crippen LogP contribution in [0.25, 0.3) is 11.5 Å². The van der Waals surface area contributed by atoms with Crippen LogP contribution in [0.15, 0.2) is 52.9 Å². The fourth-order valence-electron chi connectivity index (χ4n) is 2.27. The van der Waals surface area contributed by atoms with Crippen LogP contribution in [0, 0.1) is 10.1 Å². The highest BCUT2D eigenvalue weighted by atomic mass is 16.6. The highest BCUT2D eigenvalue weighted by Crippen LogP contribution is 2.21. The molecular weight excluding hydrogens is 366 g/mol. The van der Waals surface area contributed by atoms with E-state index in [1.54, 1.807) is 24.3 Å². The third-order valence-electron chi connectivity index (χ3n) is 3.68. The van der Waals surface area contributed by atoms with Crippen molar-refractivity contribution >= 4 is 11.7 Å². The average Bonchev–Trinajstić information content (AvgIpc) is 3.20. The molecule has 0 atom stereocenters. The molecule has 0 radical (unpaired) electrons. The summed E-state index contributed by atoms with van der Waals surface area (Å²) >= 11 is 0. The predicted octanol–water partition coefficient (Wildman–Crippen LogP) is 3.79. The van der Waals surface area contributed by atoms with E-state index in [4.69, 9.17) is 13.9 Å². The summed E-state index contributed by atoms with van der Waals surface area (Å²) in [7, 11) is 0. The van der Waals surface area contributed by atoms with E-state index in [0.717, 1.165) is 6.42 Å². The molecule has 3 aromatic rings. The molecule has 0 spiro atoms. The molecule has 0 aliphatic heterocycles. The molecule has 1 aromatic heterocycles. The Kier molecular flexibility index (Phi) is 5.95. The number of nitro benzene ring substituents is 1. The predicted molar refractivity (Wildman–Crippen MR) is 97.7 cm³/mol. The average molecular weight is 383 g/mol. The topological polar surface area (TPSA) is 118 Å². The van der Waals surface area contributed by atoms with E-state index in [9.17, 15) is 14.9 Å². The summed E-state index contributed by atoms with van der Waals surface area (Å²) in [5, 5.41) is 18.4. The lowest BCUT2D eigenvalue weighted by atomic mass is 10.2. The summed E-state index contributed by atoms with van der Waals surface area (Å²) in [5.41, 5.74) is 0.862. The summed E-state index contributed by atoms with van der Waals surface area (Å²) in [6, 6.07) is 12.3. The highest BCUT2D eigenvalue weighted by molar-refractivity contribution is 5.89. The second-order valence-corrected chi connectivity index (χ2v) is 5.75. The number of non-ortho nitro benzene ring substituents is 1. The Labute approximate surface area is 160 Å². The molecule has 144 valence electrons. The van der Waals surface area contributed by atoms with Gasteiger partial charge in [-0.3, -0.25) is 10.1 Å². The van der Waals surface area contributed by atoms with Gasteiger partial charge in [0, 0.05) is 17.7 Å². The summed E-state index contributed by atoms with van der Waals surface area (Å²) in [6.45, 7) is 2.43. The maximum absolute atomic E-state index is 12.1. The largest absolute Gasteiger partial charge is 0.494 e. The number of hydrogen-bond acceptors (Lipinski definition) is 8. The molecule has 0 fully saturated rings. The smallest absolute Gasteiger partial charge is 0.338 e. The number of rotatable bonds is 8. The first-order chi connectivity index (χ1) is 13.6. The summed E-state index contributed by atoms with van der Waals surface area (Å²) in [6.07, 6.45) is 0.899. The Hall–Kier alpha value is -3.75. The summed E-state index contributed by atoms with van der Waals surface area (Å²) in [5.74, 6) is 0.447. The zero-order valence-electron chi connectivity index (χ0n) is 15.0. The molecule has 0 amide bonds. The molecule has 28 heavy (non-hydrogen) atoms. The monoisotopic (exact) mass is 383 g/mol. The van der Waals surface area contributed by atoms with E-state index < -0.39 is 10.9 Å². The third kappa shape index (κ3) is 4.70. The van der Waals surface area contributed by atoms with E-state index >= 15 is 0 Å². The van der Waals surface area contributed by atoms with Gasteiger partial charge in [-0.2, -0.15) is 0 Å². The standard InChI is InChI=1S/C19H17N3O6/c1-2-11-26-16-9-5-14(6-10-16)19(23)27-12-17-20-21-18(28-17)13-3-7-15(8-4-13)22(24)25/h3-10H,2,11-12H2,1H3. The molecule has 9 heteroatoms. The Morgan fingerprint density at radius 1 is 1.11 bits per heavy atom.